The molecule has 1 N–H and O–H groups in total. The van der Waals surface area contributed by atoms with Gasteiger partial charge in [-0.1, -0.05) is 18.2 Å². The first-order valence-electron chi connectivity index (χ1n) is 6.94. The maximum atomic E-state index is 12.0. The highest BCUT2D eigenvalue weighted by molar-refractivity contribution is 5.99. The average molecular weight is 354 g/mol. The van der Waals surface area contributed by atoms with Gasteiger partial charge in [0.05, 0.1) is 13.7 Å². The number of hydrogen-bond donors (Lipinski definition) is 1. The van der Waals surface area contributed by atoms with Crippen molar-refractivity contribution >= 4 is 11.9 Å². The van der Waals surface area contributed by atoms with E-state index in [1.54, 1.807) is 12.4 Å². The topological polar surface area (TPSA) is 79.7 Å². The number of aromatic nitrogens is 1. The first-order chi connectivity index (χ1) is 11.8. The molecule has 9 heteroatoms. The fourth-order valence-corrected chi connectivity index (χ4v) is 2.25. The van der Waals surface area contributed by atoms with Gasteiger partial charge in [0.15, 0.2) is 0 Å². The summed E-state index contributed by atoms with van der Waals surface area (Å²) in [5.41, 5.74) is 3.75. The quantitative estimate of drug-likeness (QED) is 0.897. The minimum absolute atomic E-state index is 0.0850. The summed E-state index contributed by atoms with van der Waals surface area (Å²) in [6.45, 7) is 0.482. The number of pyridine rings is 1. The lowest BCUT2D eigenvalue weighted by atomic mass is 9.98. The van der Waals surface area contributed by atoms with Crippen molar-refractivity contribution in [2.24, 2.45) is 0 Å². The van der Waals surface area contributed by atoms with Crippen LogP contribution in [0.1, 0.15) is 15.9 Å². The Morgan fingerprint density at radius 1 is 1.24 bits per heavy atom. The number of rotatable bonds is 2. The Morgan fingerprint density at radius 2 is 1.88 bits per heavy atom. The lowest BCUT2D eigenvalue weighted by Gasteiger charge is -2.11. The third kappa shape index (κ3) is 4.13. The number of hydroxylamine groups is 2. The number of aliphatic carboxylic acids is 1. The lowest BCUT2D eigenvalue weighted by molar-refractivity contribution is -0.192. The van der Waals surface area contributed by atoms with Crippen molar-refractivity contribution in [1.82, 2.24) is 10.0 Å². The van der Waals surface area contributed by atoms with Crippen LogP contribution in [0.2, 0.25) is 0 Å². The Morgan fingerprint density at radius 3 is 2.40 bits per heavy atom. The molecule has 2 aromatic rings. The Kier molecular flexibility index (Phi) is 5.38. The van der Waals surface area contributed by atoms with E-state index < -0.39 is 12.1 Å². The molecule has 0 bridgehead atoms. The molecule has 1 aliphatic heterocycles. The zero-order valence-corrected chi connectivity index (χ0v) is 12.9. The summed E-state index contributed by atoms with van der Waals surface area (Å²) >= 11 is 0. The van der Waals surface area contributed by atoms with Gasteiger partial charge in [0.1, 0.15) is 0 Å². The molecule has 1 aromatic carbocycles. The maximum Gasteiger partial charge on any atom is 0.490 e. The van der Waals surface area contributed by atoms with E-state index >= 15 is 0 Å². The van der Waals surface area contributed by atoms with Gasteiger partial charge < -0.3 is 5.11 Å². The van der Waals surface area contributed by atoms with Crippen LogP contribution < -0.4 is 0 Å². The van der Waals surface area contributed by atoms with Gasteiger partial charge in [-0.15, -0.1) is 0 Å². The van der Waals surface area contributed by atoms with E-state index in [0.717, 1.165) is 16.7 Å². The van der Waals surface area contributed by atoms with E-state index in [-0.39, 0.29) is 5.91 Å². The summed E-state index contributed by atoms with van der Waals surface area (Å²) in [7, 11) is 1.51. The Bertz CT molecular complexity index is 779. The van der Waals surface area contributed by atoms with Gasteiger partial charge in [0.25, 0.3) is 5.91 Å². The first kappa shape index (κ1) is 18.4. The summed E-state index contributed by atoms with van der Waals surface area (Å²) in [5, 5.41) is 8.49. The standard InChI is InChI=1S/C14H12N2O2.C2HF3O2/c1-18-16-9-13-11(10-4-3-7-15-8-10)5-2-6-12(13)14(16)17;3-2(4,5)1(6)7/h2-8H,9H2,1H3;(H,6,7). The lowest BCUT2D eigenvalue weighted by Crippen LogP contribution is -2.21. The molecule has 25 heavy (non-hydrogen) atoms. The average Bonchev–Trinajstić information content (AvgIpc) is 2.92. The summed E-state index contributed by atoms with van der Waals surface area (Å²) < 4.78 is 31.7. The second-order valence-corrected chi connectivity index (χ2v) is 4.90. The number of amides is 1. The molecule has 0 fully saturated rings. The van der Waals surface area contributed by atoms with Gasteiger partial charge in [0.2, 0.25) is 0 Å². The van der Waals surface area contributed by atoms with E-state index in [1.807, 2.05) is 30.3 Å². The van der Waals surface area contributed by atoms with Crippen molar-refractivity contribution in [1.29, 1.82) is 0 Å². The largest absolute Gasteiger partial charge is 0.490 e. The van der Waals surface area contributed by atoms with Crippen LogP contribution in [0.3, 0.4) is 0 Å². The van der Waals surface area contributed by atoms with Crippen LogP contribution in [0.5, 0.6) is 0 Å². The van der Waals surface area contributed by atoms with Crippen molar-refractivity contribution in [3.8, 4) is 11.1 Å². The van der Waals surface area contributed by atoms with Crippen LogP contribution in [-0.4, -0.2) is 40.3 Å². The molecule has 1 amide bonds. The maximum absolute atomic E-state index is 12.0. The molecule has 132 valence electrons. The molecule has 0 saturated carbocycles. The Labute approximate surface area is 140 Å². The highest BCUT2D eigenvalue weighted by atomic mass is 19.4. The number of carbonyl (C=O) groups is 2. The van der Waals surface area contributed by atoms with Crippen molar-refractivity contribution in [3.63, 3.8) is 0 Å². The van der Waals surface area contributed by atoms with E-state index in [9.17, 15) is 18.0 Å². The van der Waals surface area contributed by atoms with Crippen molar-refractivity contribution in [2.75, 3.05) is 7.11 Å². The molecule has 1 aliphatic rings. The van der Waals surface area contributed by atoms with E-state index in [2.05, 4.69) is 4.98 Å². The molecule has 2 heterocycles. The number of carboxylic acids is 1. The minimum Gasteiger partial charge on any atom is -0.475 e. The van der Waals surface area contributed by atoms with Gasteiger partial charge in [-0.25, -0.2) is 9.86 Å². The highest BCUT2D eigenvalue weighted by Crippen LogP contribution is 2.32. The molecule has 6 nitrogen and oxygen atoms in total. The van der Waals surface area contributed by atoms with Crippen molar-refractivity contribution in [3.05, 3.63) is 53.9 Å². The molecular weight excluding hydrogens is 341 g/mol. The SMILES string of the molecule is CON1Cc2c(cccc2-c2cccnc2)C1=O.O=C(O)C(F)(F)F. The minimum atomic E-state index is -5.08. The van der Waals surface area contributed by atoms with E-state index in [0.29, 0.717) is 12.1 Å². The van der Waals surface area contributed by atoms with Gasteiger partial charge in [-0.05, 0) is 23.3 Å². The second-order valence-electron chi connectivity index (χ2n) is 4.90. The van der Waals surface area contributed by atoms with Crippen LogP contribution in [-0.2, 0) is 16.2 Å². The van der Waals surface area contributed by atoms with Crippen LogP contribution in [0, 0.1) is 0 Å². The fraction of sp³-hybridized carbons (Fsp3) is 0.188. The fourth-order valence-electron chi connectivity index (χ4n) is 2.25. The highest BCUT2D eigenvalue weighted by Gasteiger charge is 2.38. The summed E-state index contributed by atoms with van der Waals surface area (Å²) in [6, 6.07) is 9.60. The van der Waals surface area contributed by atoms with Crippen LogP contribution in [0.25, 0.3) is 11.1 Å². The number of carboxylic acid groups (broad SMARTS) is 1. The molecule has 0 unspecified atom stereocenters. The third-order valence-corrected chi connectivity index (χ3v) is 3.37. The predicted molar refractivity (Wildman–Crippen MR) is 80.2 cm³/mol. The van der Waals surface area contributed by atoms with E-state index in [4.69, 9.17) is 14.7 Å². The van der Waals surface area contributed by atoms with Crippen LogP contribution >= 0.6 is 0 Å². The molecular formula is C16H13F3N2O4. The number of halogens is 3. The molecule has 0 atom stereocenters. The Balaban J connectivity index is 0.000000277. The number of fused-ring (bicyclic) bond motifs is 1. The molecule has 0 aliphatic carbocycles. The van der Waals surface area contributed by atoms with Gasteiger partial charge in [0, 0.05) is 23.5 Å². The number of alkyl halides is 3. The number of carbonyl (C=O) groups excluding carboxylic acids is 1. The molecule has 3 rings (SSSR count). The zero-order valence-electron chi connectivity index (χ0n) is 12.9. The monoisotopic (exact) mass is 354 g/mol. The number of hydrogen-bond acceptors (Lipinski definition) is 4. The Hall–Kier alpha value is -2.94. The molecule has 0 saturated heterocycles. The first-order valence-corrected chi connectivity index (χ1v) is 6.94. The van der Waals surface area contributed by atoms with Crippen molar-refractivity contribution < 1.29 is 32.7 Å². The molecule has 0 radical (unpaired) electrons. The van der Waals surface area contributed by atoms with Crippen LogP contribution in [0.4, 0.5) is 13.2 Å². The van der Waals surface area contributed by atoms with Crippen LogP contribution in [0.15, 0.2) is 42.7 Å². The summed E-state index contributed by atoms with van der Waals surface area (Å²) in [4.78, 5) is 30.1. The molecule has 0 spiro atoms. The predicted octanol–water partition coefficient (Wildman–Crippen LogP) is 2.90. The summed E-state index contributed by atoms with van der Waals surface area (Å²) in [5.74, 6) is -2.84. The number of benzene rings is 1. The van der Waals surface area contributed by atoms with Crippen molar-refractivity contribution in [2.45, 2.75) is 12.7 Å². The second kappa shape index (κ2) is 7.31. The summed E-state index contributed by atoms with van der Waals surface area (Å²) in [6.07, 6.45) is -1.55. The van der Waals surface area contributed by atoms with Gasteiger partial charge in [-0.3, -0.25) is 14.6 Å². The zero-order chi connectivity index (χ0) is 18.6. The smallest absolute Gasteiger partial charge is 0.475 e. The van der Waals surface area contributed by atoms with Gasteiger partial charge >= 0.3 is 12.1 Å². The number of nitrogens with zero attached hydrogens (tertiary/aromatic N) is 2. The van der Waals surface area contributed by atoms with E-state index in [1.165, 1.54) is 12.2 Å². The third-order valence-electron chi connectivity index (χ3n) is 3.37. The molecule has 1 aromatic heterocycles. The normalized spacial score (nSPS) is 13.1. The van der Waals surface area contributed by atoms with Gasteiger partial charge in [-0.2, -0.15) is 13.2 Å².